The number of hydrogen-bond acceptors (Lipinski definition) is 7. The molecule has 1 aliphatic heterocycles. The second-order valence-corrected chi connectivity index (χ2v) is 8.67. The lowest BCUT2D eigenvalue weighted by Crippen LogP contribution is -2.48. The van der Waals surface area contributed by atoms with Crippen LogP contribution in [0.5, 0.6) is 0 Å². The summed E-state index contributed by atoms with van der Waals surface area (Å²) in [7, 11) is 1.60. The van der Waals surface area contributed by atoms with E-state index in [4.69, 9.17) is 4.74 Å². The van der Waals surface area contributed by atoms with Crippen LogP contribution in [-0.2, 0) is 24.5 Å². The Kier molecular flexibility index (Phi) is 7.33. The lowest BCUT2D eigenvalue weighted by atomic mass is 9.87. The number of halogens is 3. The van der Waals surface area contributed by atoms with Crippen LogP contribution in [0.1, 0.15) is 55.0 Å². The minimum Gasteiger partial charge on any atom is -0.449 e. The number of fused-ring (bicyclic) bond motifs is 1. The number of aryl methyl sites for hydroxylation is 1. The number of carbonyl (C=O) groups is 1. The summed E-state index contributed by atoms with van der Waals surface area (Å²) in [6, 6.07) is 11.4. The molecule has 4 rings (SSSR count). The second-order valence-electron chi connectivity index (χ2n) is 8.67. The first kappa shape index (κ1) is 25.9. The fourth-order valence-electron chi connectivity index (χ4n) is 4.63. The van der Waals surface area contributed by atoms with Gasteiger partial charge in [0, 0.05) is 12.6 Å². The van der Waals surface area contributed by atoms with Crippen LogP contribution in [-0.4, -0.2) is 38.9 Å². The van der Waals surface area contributed by atoms with E-state index >= 15 is 0 Å². The molecule has 1 aliphatic rings. The third-order valence-corrected chi connectivity index (χ3v) is 6.31. The van der Waals surface area contributed by atoms with E-state index in [1.807, 2.05) is 13.0 Å². The number of benzene rings is 2. The summed E-state index contributed by atoms with van der Waals surface area (Å²) in [6.45, 7) is 3.92. The second kappa shape index (κ2) is 10.5. The van der Waals surface area contributed by atoms with Gasteiger partial charge in [0.2, 0.25) is 0 Å². The summed E-state index contributed by atoms with van der Waals surface area (Å²) < 4.78 is 46.6. The van der Waals surface area contributed by atoms with Crippen LogP contribution in [0.4, 0.5) is 29.6 Å². The number of tetrazole rings is 1. The van der Waals surface area contributed by atoms with Gasteiger partial charge in [0.15, 0.2) is 0 Å². The molecular formula is C25H26F3N7O2. The zero-order valence-electron chi connectivity index (χ0n) is 20.6. The van der Waals surface area contributed by atoms with Crippen LogP contribution in [0.3, 0.4) is 0 Å². The first-order valence-electron chi connectivity index (χ1n) is 11.8. The van der Waals surface area contributed by atoms with Crippen LogP contribution in [0.15, 0.2) is 42.5 Å². The first-order valence-corrected chi connectivity index (χ1v) is 11.8. The molecule has 37 heavy (non-hydrogen) atoms. The van der Waals surface area contributed by atoms with Gasteiger partial charge in [0.05, 0.1) is 42.6 Å². The molecule has 194 valence electrons. The Hall–Kier alpha value is -4.14. The quantitative estimate of drug-likeness (QED) is 0.458. The van der Waals surface area contributed by atoms with E-state index in [0.29, 0.717) is 29.7 Å². The number of ether oxygens (including phenoxy) is 1. The van der Waals surface area contributed by atoms with E-state index < -0.39 is 23.9 Å². The molecule has 0 aliphatic carbocycles. The van der Waals surface area contributed by atoms with Gasteiger partial charge in [-0.3, -0.25) is 4.90 Å². The number of nitriles is 1. The smallest absolute Gasteiger partial charge is 0.416 e. The van der Waals surface area contributed by atoms with Gasteiger partial charge in [-0.2, -0.15) is 23.2 Å². The van der Waals surface area contributed by atoms with Gasteiger partial charge in [-0.05, 0) is 66.4 Å². The van der Waals surface area contributed by atoms with Crippen molar-refractivity contribution in [3.63, 3.8) is 0 Å². The van der Waals surface area contributed by atoms with Crippen molar-refractivity contribution in [3.05, 3.63) is 64.7 Å². The normalized spacial score (nSPS) is 17.2. The fourth-order valence-corrected chi connectivity index (χ4v) is 4.63. The van der Waals surface area contributed by atoms with Gasteiger partial charge in [-0.1, -0.05) is 24.2 Å². The number of rotatable bonds is 6. The third-order valence-electron chi connectivity index (χ3n) is 6.31. The maximum Gasteiger partial charge on any atom is 0.416 e. The number of amides is 1. The highest BCUT2D eigenvalue weighted by molar-refractivity contribution is 5.90. The van der Waals surface area contributed by atoms with Crippen molar-refractivity contribution >= 4 is 17.7 Å². The monoisotopic (exact) mass is 513 g/mol. The molecule has 1 amide bonds. The Balaban J connectivity index is 1.89. The summed E-state index contributed by atoms with van der Waals surface area (Å²) in [6.07, 6.45) is -4.34. The van der Waals surface area contributed by atoms with E-state index in [1.54, 1.807) is 37.1 Å². The fraction of sp³-hybridized carbons (Fsp3) is 0.400. The lowest BCUT2D eigenvalue weighted by molar-refractivity contribution is -0.137. The van der Waals surface area contributed by atoms with Gasteiger partial charge in [-0.25, -0.2) is 4.79 Å². The van der Waals surface area contributed by atoms with E-state index in [-0.39, 0.29) is 25.1 Å². The summed E-state index contributed by atoms with van der Waals surface area (Å²) in [4.78, 5) is 17.4. The Labute approximate surface area is 212 Å². The molecule has 0 N–H and O–H groups in total. The van der Waals surface area contributed by atoms with Crippen molar-refractivity contribution in [2.24, 2.45) is 7.05 Å². The summed E-state index contributed by atoms with van der Waals surface area (Å²) in [5.74, 6) is 0.220. The summed E-state index contributed by atoms with van der Waals surface area (Å²) in [5, 5.41) is 21.7. The van der Waals surface area contributed by atoms with Gasteiger partial charge < -0.3 is 9.64 Å². The zero-order chi connectivity index (χ0) is 26.7. The van der Waals surface area contributed by atoms with Gasteiger partial charge in [-0.15, -0.1) is 5.10 Å². The minimum atomic E-state index is -4.58. The molecule has 12 heteroatoms. The molecule has 2 atom stereocenters. The standard InChI is InChI=1S/C25H26F3N7O2/c1-4-19-13-22(20-12-18(25(26,27)28)9-10-21(20)35(19)24(36)37-5-2)34(23-30-32-33(3)31-23)15-17-8-6-7-16(11-17)14-29/h6-12,19,22H,4-5,13,15H2,1-3H3/t19-,22+/m1/s1. The molecule has 0 fully saturated rings. The Morgan fingerprint density at radius 2 is 2.03 bits per heavy atom. The van der Waals surface area contributed by atoms with Crippen LogP contribution < -0.4 is 9.80 Å². The van der Waals surface area contributed by atoms with Crippen molar-refractivity contribution in [1.29, 1.82) is 5.26 Å². The van der Waals surface area contributed by atoms with Crippen molar-refractivity contribution in [2.75, 3.05) is 16.4 Å². The number of hydrogen-bond donors (Lipinski definition) is 0. The topological polar surface area (TPSA) is 100 Å². The molecule has 3 aromatic rings. The Morgan fingerprint density at radius 1 is 1.24 bits per heavy atom. The lowest BCUT2D eigenvalue weighted by Gasteiger charge is -2.43. The third kappa shape index (κ3) is 5.35. The van der Waals surface area contributed by atoms with Crippen LogP contribution in [0.2, 0.25) is 0 Å². The number of alkyl halides is 3. The van der Waals surface area contributed by atoms with Gasteiger partial charge >= 0.3 is 12.3 Å². The van der Waals surface area contributed by atoms with Crippen molar-refractivity contribution < 1.29 is 22.7 Å². The van der Waals surface area contributed by atoms with E-state index in [9.17, 15) is 23.2 Å². The van der Waals surface area contributed by atoms with Crippen LogP contribution in [0, 0.1) is 11.3 Å². The van der Waals surface area contributed by atoms with E-state index in [1.165, 1.54) is 15.8 Å². The number of nitrogens with zero attached hydrogens (tertiary/aromatic N) is 7. The molecule has 0 bridgehead atoms. The number of anilines is 2. The average Bonchev–Trinajstić information content (AvgIpc) is 3.31. The zero-order valence-corrected chi connectivity index (χ0v) is 20.6. The van der Waals surface area contributed by atoms with Crippen molar-refractivity contribution in [1.82, 2.24) is 20.2 Å². The summed E-state index contributed by atoms with van der Waals surface area (Å²) in [5.41, 5.74) is 1.02. The average molecular weight is 514 g/mol. The molecule has 1 aromatic heterocycles. The molecule has 9 nitrogen and oxygen atoms in total. The minimum absolute atomic E-state index is 0.135. The first-order chi connectivity index (χ1) is 17.7. The molecule has 0 spiro atoms. The van der Waals surface area contributed by atoms with Crippen LogP contribution >= 0.6 is 0 Å². The molecule has 0 saturated carbocycles. The van der Waals surface area contributed by atoms with Crippen LogP contribution in [0.25, 0.3) is 0 Å². The van der Waals surface area contributed by atoms with Gasteiger partial charge in [0.25, 0.3) is 5.95 Å². The molecule has 0 saturated heterocycles. The SMILES string of the molecule is CCOC(=O)N1c2ccc(C(F)(F)F)cc2[C@@H](N(Cc2cccc(C#N)c2)c2nnn(C)n2)C[C@H]1CC. The maximum atomic E-state index is 13.8. The Bertz CT molecular complexity index is 1320. The van der Waals surface area contributed by atoms with Crippen molar-refractivity contribution in [2.45, 2.75) is 51.5 Å². The Morgan fingerprint density at radius 3 is 2.65 bits per heavy atom. The maximum absolute atomic E-state index is 13.8. The van der Waals surface area contributed by atoms with E-state index in [0.717, 1.165) is 17.7 Å². The molecule has 0 unspecified atom stereocenters. The van der Waals surface area contributed by atoms with Crippen molar-refractivity contribution in [3.8, 4) is 6.07 Å². The highest BCUT2D eigenvalue weighted by Gasteiger charge is 2.41. The number of aromatic nitrogens is 4. The summed E-state index contributed by atoms with van der Waals surface area (Å²) >= 11 is 0. The molecule has 2 heterocycles. The molecular weight excluding hydrogens is 487 g/mol. The largest absolute Gasteiger partial charge is 0.449 e. The highest BCUT2D eigenvalue weighted by Crippen LogP contribution is 2.45. The highest BCUT2D eigenvalue weighted by atomic mass is 19.4. The predicted molar refractivity (Wildman–Crippen MR) is 129 cm³/mol. The van der Waals surface area contributed by atoms with E-state index in [2.05, 4.69) is 21.5 Å². The number of carbonyl (C=O) groups excluding carboxylic acids is 1. The predicted octanol–water partition coefficient (Wildman–Crippen LogP) is 4.99. The molecule has 2 aromatic carbocycles. The molecule has 0 radical (unpaired) electrons. The van der Waals surface area contributed by atoms with Gasteiger partial charge in [0.1, 0.15) is 0 Å².